The van der Waals surface area contributed by atoms with Crippen LogP contribution in [-0.4, -0.2) is 28.0 Å². The van der Waals surface area contributed by atoms with Gasteiger partial charge < -0.3 is 29.1 Å². The third kappa shape index (κ3) is 5.14. The van der Waals surface area contributed by atoms with E-state index in [0.29, 0.717) is 28.8 Å². The van der Waals surface area contributed by atoms with E-state index in [-0.39, 0.29) is 30.2 Å². The molecule has 7 nitrogen and oxygen atoms in total. The molecule has 4 N–H and O–H groups in total. The predicted molar refractivity (Wildman–Crippen MR) is 77.5 cm³/mol. The van der Waals surface area contributed by atoms with Gasteiger partial charge in [0.15, 0.2) is 0 Å². The minimum absolute atomic E-state index is 0. The summed E-state index contributed by atoms with van der Waals surface area (Å²) in [5.41, 5.74) is 12.2. The van der Waals surface area contributed by atoms with E-state index >= 15 is 0 Å². The number of non-ortho nitro benzene ring substituents is 1. The number of hydrogen-bond donors (Lipinski definition) is 2. The fourth-order valence-electron chi connectivity index (χ4n) is 1.17. The Balaban J connectivity index is 0.000000644. The Labute approximate surface area is 138 Å². The zero-order valence-corrected chi connectivity index (χ0v) is 15.1. The molecule has 0 atom stereocenters. The summed E-state index contributed by atoms with van der Waals surface area (Å²) < 4.78 is 0.367. The molecule has 20 heavy (non-hydrogen) atoms. The standard InChI is InChI=1S/C8H5N3O2S2.C2H7N2.Zn/c12-11(13)4-1-2-5-6(3-4)10-8(15)7(14)9-5;3-1-2-4;/h1-3H,(H,9,14)(H,10,15);3H,1-2,4H2;/q;-1;+2/p-1. The van der Waals surface area contributed by atoms with Crippen molar-refractivity contribution in [3.05, 3.63) is 38.7 Å². The Kier molecular flexibility index (Phi) is 8.51. The second kappa shape index (κ2) is 8.99. The smallest absolute Gasteiger partial charge is 0.757 e. The SMILES string of the molecule is O=[N+]([O-])c1ccc2[nH]c(=S)c([S-])nc2c1.[NH-]CCN.[Zn+2]. The maximum atomic E-state index is 10.5. The van der Waals surface area contributed by atoms with Gasteiger partial charge in [0.2, 0.25) is 0 Å². The van der Waals surface area contributed by atoms with E-state index in [1.165, 1.54) is 12.1 Å². The van der Waals surface area contributed by atoms with Crippen molar-refractivity contribution in [2.45, 2.75) is 5.03 Å². The Morgan fingerprint density at radius 2 is 2.15 bits per heavy atom. The van der Waals surface area contributed by atoms with Crippen molar-refractivity contribution in [1.82, 2.24) is 9.97 Å². The van der Waals surface area contributed by atoms with Crippen LogP contribution in [0.3, 0.4) is 0 Å². The Bertz CT molecular complexity index is 647. The number of aromatic amines is 1. The van der Waals surface area contributed by atoms with Crippen LogP contribution in [-0.2, 0) is 32.1 Å². The molecule has 0 saturated heterocycles. The van der Waals surface area contributed by atoms with E-state index in [4.69, 9.17) is 36.3 Å². The summed E-state index contributed by atoms with van der Waals surface area (Å²) >= 11 is 9.78. The predicted octanol–water partition coefficient (Wildman–Crippen LogP) is 2.10. The fourth-order valence-corrected chi connectivity index (χ4v) is 1.47. The summed E-state index contributed by atoms with van der Waals surface area (Å²) in [6.45, 7) is 0.833. The van der Waals surface area contributed by atoms with Crippen molar-refractivity contribution in [2.24, 2.45) is 5.73 Å². The topological polar surface area (TPSA) is 122 Å². The average molecular weight is 363 g/mol. The number of rotatable bonds is 2. The summed E-state index contributed by atoms with van der Waals surface area (Å²) in [5.74, 6) is 0. The largest absolute Gasteiger partial charge is 2.00 e. The van der Waals surface area contributed by atoms with Crippen LogP contribution in [0.15, 0.2) is 23.2 Å². The third-order valence-electron chi connectivity index (χ3n) is 2.00. The van der Waals surface area contributed by atoms with Gasteiger partial charge in [0, 0.05) is 12.1 Å². The minimum Gasteiger partial charge on any atom is -0.757 e. The van der Waals surface area contributed by atoms with Crippen LogP contribution in [0.2, 0.25) is 0 Å². The van der Waals surface area contributed by atoms with Crippen molar-refractivity contribution < 1.29 is 24.4 Å². The van der Waals surface area contributed by atoms with Gasteiger partial charge in [-0.2, -0.15) is 0 Å². The van der Waals surface area contributed by atoms with Crippen molar-refractivity contribution in [2.75, 3.05) is 13.1 Å². The molecule has 10 heteroatoms. The Hall–Kier alpha value is -1.06. The molecule has 1 aromatic carbocycles. The molecule has 2 rings (SSSR count). The van der Waals surface area contributed by atoms with Crippen LogP contribution in [0.25, 0.3) is 16.8 Å². The third-order valence-corrected chi connectivity index (χ3v) is 2.72. The molecule has 1 heterocycles. The van der Waals surface area contributed by atoms with Crippen LogP contribution in [0.4, 0.5) is 5.69 Å². The first-order chi connectivity index (χ1) is 8.99. The number of nitrogens with two attached hydrogens (primary N) is 1. The van der Waals surface area contributed by atoms with Gasteiger partial charge in [0.25, 0.3) is 5.69 Å². The molecule has 0 saturated carbocycles. The summed E-state index contributed by atoms with van der Waals surface area (Å²) in [6.07, 6.45) is 0. The summed E-state index contributed by atoms with van der Waals surface area (Å²) in [5, 5.41) is 10.8. The van der Waals surface area contributed by atoms with E-state index in [2.05, 4.69) is 9.97 Å². The van der Waals surface area contributed by atoms with Crippen molar-refractivity contribution in [3.63, 3.8) is 0 Å². The summed E-state index contributed by atoms with van der Waals surface area (Å²) in [4.78, 5) is 16.9. The number of nitro benzene ring substituents is 1. The van der Waals surface area contributed by atoms with Crippen LogP contribution in [0.1, 0.15) is 0 Å². The molecular weight excluding hydrogens is 352 g/mol. The van der Waals surface area contributed by atoms with Crippen molar-refractivity contribution >= 4 is 41.6 Å². The number of aromatic nitrogens is 2. The van der Waals surface area contributed by atoms with Gasteiger partial charge >= 0.3 is 19.5 Å². The van der Waals surface area contributed by atoms with E-state index in [1.807, 2.05) is 0 Å². The minimum atomic E-state index is -0.480. The quantitative estimate of drug-likeness (QED) is 0.277. The van der Waals surface area contributed by atoms with Gasteiger partial charge in [-0.1, -0.05) is 12.2 Å². The molecule has 1 aromatic heterocycles. The molecule has 0 aliphatic rings. The first-order valence-electron chi connectivity index (χ1n) is 5.19. The number of nitro groups is 1. The molecular formula is C10H11N5O2S2Zn. The molecule has 0 radical (unpaired) electrons. The molecule has 0 aliphatic carbocycles. The maximum absolute atomic E-state index is 10.5. The van der Waals surface area contributed by atoms with Gasteiger partial charge in [-0.15, -0.1) is 6.54 Å². The zero-order valence-electron chi connectivity index (χ0n) is 10.5. The second-order valence-corrected chi connectivity index (χ2v) is 4.16. The number of fused-ring (bicyclic) bond motifs is 1. The Morgan fingerprint density at radius 1 is 1.55 bits per heavy atom. The van der Waals surface area contributed by atoms with Crippen LogP contribution >= 0.6 is 12.2 Å². The molecule has 2 aromatic rings. The average Bonchev–Trinajstić information content (AvgIpc) is 2.39. The van der Waals surface area contributed by atoms with Gasteiger partial charge in [-0.05, 0) is 17.6 Å². The van der Waals surface area contributed by atoms with E-state index < -0.39 is 4.92 Å². The number of hydrogen-bond acceptors (Lipinski definition) is 6. The number of benzene rings is 1. The molecule has 0 bridgehead atoms. The molecule has 0 unspecified atom stereocenters. The first-order valence-corrected chi connectivity index (χ1v) is 6.01. The number of H-pyrrole nitrogens is 1. The fraction of sp³-hybridized carbons (Fsp3) is 0.200. The monoisotopic (exact) mass is 361 g/mol. The normalized spacial score (nSPS) is 9.30. The van der Waals surface area contributed by atoms with E-state index in [9.17, 15) is 10.1 Å². The van der Waals surface area contributed by atoms with Crippen LogP contribution in [0.5, 0.6) is 0 Å². The molecule has 0 fully saturated rings. The Morgan fingerprint density at radius 3 is 2.65 bits per heavy atom. The van der Waals surface area contributed by atoms with E-state index in [1.54, 1.807) is 6.07 Å². The number of nitrogens with zero attached hydrogens (tertiary/aromatic N) is 2. The van der Waals surface area contributed by atoms with Crippen LogP contribution < -0.4 is 5.73 Å². The first kappa shape index (κ1) is 18.9. The van der Waals surface area contributed by atoms with Crippen molar-refractivity contribution in [3.8, 4) is 0 Å². The van der Waals surface area contributed by atoms with E-state index in [0.717, 1.165) is 0 Å². The van der Waals surface area contributed by atoms with Crippen LogP contribution in [0, 0.1) is 14.8 Å². The summed E-state index contributed by atoms with van der Waals surface area (Å²) in [7, 11) is 0. The van der Waals surface area contributed by atoms with Gasteiger partial charge in [-0.3, -0.25) is 15.1 Å². The summed E-state index contributed by atoms with van der Waals surface area (Å²) in [6, 6.07) is 4.31. The molecule has 0 spiro atoms. The van der Waals surface area contributed by atoms with Gasteiger partial charge in [0.05, 0.1) is 16.0 Å². The number of nitrogens with one attached hydrogen (secondary N) is 2. The zero-order chi connectivity index (χ0) is 14.4. The second-order valence-electron chi connectivity index (χ2n) is 3.37. The molecule has 0 amide bonds. The van der Waals surface area contributed by atoms with Crippen molar-refractivity contribution in [1.29, 1.82) is 0 Å². The molecule has 0 aliphatic heterocycles. The maximum Gasteiger partial charge on any atom is 2.00 e. The van der Waals surface area contributed by atoms with Gasteiger partial charge in [-0.25, -0.2) is 0 Å². The van der Waals surface area contributed by atoms with Gasteiger partial charge in [0.1, 0.15) is 4.64 Å². The molecule has 102 valence electrons.